The molecular formula is C16H19ClN2OS. The fraction of sp³-hybridized carbons (Fsp3) is 0.375. The first-order valence-electron chi connectivity index (χ1n) is 7.23. The third kappa shape index (κ3) is 3.58. The maximum absolute atomic E-state index is 10.3. The second kappa shape index (κ2) is 6.79. The van der Waals surface area contributed by atoms with Crippen LogP contribution in [0.1, 0.15) is 35.4 Å². The summed E-state index contributed by atoms with van der Waals surface area (Å²) >= 11 is 7.36. The Bertz CT molecular complexity index is 601. The summed E-state index contributed by atoms with van der Waals surface area (Å²) in [6.07, 6.45) is 1.68. The summed E-state index contributed by atoms with van der Waals surface area (Å²) < 4.78 is 0.716. The molecule has 0 aliphatic carbocycles. The zero-order chi connectivity index (χ0) is 14.7. The van der Waals surface area contributed by atoms with Gasteiger partial charge in [-0.1, -0.05) is 29.8 Å². The van der Waals surface area contributed by atoms with Gasteiger partial charge in [-0.15, -0.1) is 11.3 Å². The molecule has 0 spiro atoms. The van der Waals surface area contributed by atoms with Gasteiger partial charge in [0.1, 0.15) is 6.10 Å². The third-order valence-electron chi connectivity index (χ3n) is 3.80. The molecule has 1 aliphatic heterocycles. The van der Waals surface area contributed by atoms with E-state index in [1.54, 1.807) is 0 Å². The van der Waals surface area contributed by atoms with Crippen molar-refractivity contribution in [2.75, 3.05) is 18.4 Å². The summed E-state index contributed by atoms with van der Waals surface area (Å²) in [5, 5.41) is 17.2. The number of benzene rings is 1. The van der Waals surface area contributed by atoms with Gasteiger partial charge >= 0.3 is 0 Å². The summed E-state index contributed by atoms with van der Waals surface area (Å²) in [4.78, 5) is 0.910. The van der Waals surface area contributed by atoms with Crippen LogP contribution in [-0.2, 0) is 0 Å². The minimum atomic E-state index is -0.508. The predicted octanol–water partition coefficient (Wildman–Crippen LogP) is 3.97. The van der Waals surface area contributed by atoms with E-state index < -0.39 is 6.10 Å². The Balaban J connectivity index is 1.67. The zero-order valence-electron chi connectivity index (χ0n) is 11.7. The van der Waals surface area contributed by atoms with Crippen LogP contribution < -0.4 is 10.6 Å². The molecule has 0 saturated carbocycles. The summed E-state index contributed by atoms with van der Waals surface area (Å²) in [5.41, 5.74) is 2.48. The van der Waals surface area contributed by atoms with Gasteiger partial charge in [0.25, 0.3) is 0 Å². The summed E-state index contributed by atoms with van der Waals surface area (Å²) in [6.45, 7) is 1.54. The molecule has 21 heavy (non-hydrogen) atoms. The van der Waals surface area contributed by atoms with Gasteiger partial charge in [0, 0.05) is 29.7 Å². The molecule has 0 saturated heterocycles. The summed E-state index contributed by atoms with van der Waals surface area (Å²) in [5.74, 6) is 0. The van der Waals surface area contributed by atoms with Crippen molar-refractivity contribution in [1.29, 1.82) is 0 Å². The number of nitrogens with one attached hydrogen (secondary N) is 2. The number of thiophene rings is 1. The van der Waals surface area contributed by atoms with Crippen molar-refractivity contribution in [1.82, 2.24) is 5.32 Å². The van der Waals surface area contributed by atoms with Crippen LogP contribution in [0.2, 0.25) is 4.34 Å². The van der Waals surface area contributed by atoms with E-state index in [-0.39, 0.29) is 6.04 Å². The maximum atomic E-state index is 10.3. The van der Waals surface area contributed by atoms with Crippen LogP contribution in [0.4, 0.5) is 5.69 Å². The fourth-order valence-corrected chi connectivity index (χ4v) is 3.77. The van der Waals surface area contributed by atoms with E-state index in [1.807, 2.05) is 12.1 Å². The van der Waals surface area contributed by atoms with Crippen molar-refractivity contribution in [2.24, 2.45) is 0 Å². The van der Waals surface area contributed by atoms with Gasteiger partial charge in [0.15, 0.2) is 0 Å². The molecule has 1 aromatic heterocycles. The Morgan fingerprint density at radius 1 is 1.33 bits per heavy atom. The number of para-hydroxylation sites is 1. The number of hydrogen-bond acceptors (Lipinski definition) is 4. The van der Waals surface area contributed by atoms with Gasteiger partial charge in [0.2, 0.25) is 0 Å². The molecule has 0 bridgehead atoms. The molecule has 0 amide bonds. The van der Waals surface area contributed by atoms with Gasteiger partial charge in [-0.05, 0) is 36.6 Å². The first-order valence-corrected chi connectivity index (χ1v) is 8.43. The number of rotatable bonds is 4. The van der Waals surface area contributed by atoms with E-state index in [2.05, 4.69) is 34.9 Å². The fourth-order valence-electron chi connectivity index (χ4n) is 2.72. The molecule has 3 nitrogen and oxygen atoms in total. The van der Waals surface area contributed by atoms with Crippen molar-refractivity contribution in [3.8, 4) is 0 Å². The molecule has 1 aliphatic rings. The van der Waals surface area contributed by atoms with Crippen molar-refractivity contribution in [2.45, 2.75) is 25.0 Å². The lowest BCUT2D eigenvalue weighted by Gasteiger charge is -2.20. The minimum absolute atomic E-state index is 0.279. The highest BCUT2D eigenvalue weighted by atomic mass is 35.5. The predicted molar refractivity (Wildman–Crippen MR) is 89.2 cm³/mol. The third-order valence-corrected chi connectivity index (χ3v) is 5.13. The van der Waals surface area contributed by atoms with E-state index in [4.69, 9.17) is 11.6 Å². The van der Waals surface area contributed by atoms with Crippen LogP contribution in [0.5, 0.6) is 0 Å². The van der Waals surface area contributed by atoms with E-state index in [0.717, 1.165) is 24.3 Å². The normalized spacial score (nSPS) is 19.4. The maximum Gasteiger partial charge on any atom is 0.101 e. The largest absolute Gasteiger partial charge is 0.386 e. The number of halogens is 1. The van der Waals surface area contributed by atoms with Crippen molar-refractivity contribution >= 4 is 28.6 Å². The van der Waals surface area contributed by atoms with E-state index in [1.165, 1.54) is 22.6 Å². The van der Waals surface area contributed by atoms with Gasteiger partial charge in [-0.25, -0.2) is 0 Å². The van der Waals surface area contributed by atoms with Crippen LogP contribution in [0.3, 0.4) is 0 Å². The number of aliphatic hydroxyl groups is 1. The first-order chi connectivity index (χ1) is 10.2. The van der Waals surface area contributed by atoms with Crippen LogP contribution >= 0.6 is 22.9 Å². The highest BCUT2D eigenvalue weighted by Gasteiger charge is 2.19. The second-order valence-electron chi connectivity index (χ2n) is 5.27. The van der Waals surface area contributed by atoms with E-state index in [9.17, 15) is 5.11 Å². The molecule has 0 radical (unpaired) electrons. The second-order valence-corrected chi connectivity index (χ2v) is 7.02. The van der Waals surface area contributed by atoms with Gasteiger partial charge < -0.3 is 15.7 Å². The Labute approximate surface area is 134 Å². The number of aliphatic hydroxyl groups excluding tert-OH is 1. The summed E-state index contributed by atoms with van der Waals surface area (Å²) in [7, 11) is 0. The van der Waals surface area contributed by atoms with Gasteiger partial charge in [-0.2, -0.15) is 0 Å². The topological polar surface area (TPSA) is 44.3 Å². The van der Waals surface area contributed by atoms with Crippen LogP contribution in [0, 0.1) is 0 Å². The molecule has 2 unspecified atom stereocenters. The van der Waals surface area contributed by atoms with Crippen LogP contribution in [0.25, 0.3) is 0 Å². The first kappa shape index (κ1) is 14.9. The Hall–Kier alpha value is -1.07. The SMILES string of the molecule is OC(CNC1CCCNc2ccccc21)c1ccc(Cl)s1. The highest BCUT2D eigenvalue weighted by molar-refractivity contribution is 7.16. The number of hydrogen-bond donors (Lipinski definition) is 3. The molecule has 5 heteroatoms. The summed E-state index contributed by atoms with van der Waals surface area (Å²) in [6, 6.07) is 12.4. The molecule has 2 atom stereocenters. The Morgan fingerprint density at radius 2 is 2.19 bits per heavy atom. The van der Waals surface area contributed by atoms with E-state index >= 15 is 0 Å². The van der Waals surface area contributed by atoms with Crippen LogP contribution in [-0.4, -0.2) is 18.2 Å². The molecule has 2 aromatic rings. The number of fused-ring (bicyclic) bond motifs is 1. The molecule has 1 aromatic carbocycles. The number of anilines is 1. The molecule has 0 fully saturated rings. The minimum Gasteiger partial charge on any atom is -0.386 e. The van der Waals surface area contributed by atoms with Crippen molar-refractivity contribution < 1.29 is 5.11 Å². The molecular weight excluding hydrogens is 304 g/mol. The average Bonchev–Trinajstić information content (AvgIpc) is 2.83. The standard InChI is InChI=1S/C16H19ClN2OS/c17-16-8-7-15(21-16)14(20)10-19-13-6-3-9-18-12-5-2-1-4-11(12)13/h1-2,4-5,7-8,13-14,18-20H,3,6,9-10H2. The smallest absolute Gasteiger partial charge is 0.101 e. The van der Waals surface area contributed by atoms with Crippen LogP contribution in [0.15, 0.2) is 36.4 Å². The lowest BCUT2D eigenvalue weighted by Crippen LogP contribution is -2.26. The molecule has 3 N–H and O–H groups in total. The lowest BCUT2D eigenvalue weighted by molar-refractivity contribution is 0.172. The monoisotopic (exact) mass is 322 g/mol. The molecule has 3 rings (SSSR count). The Kier molecular flexibility index (Phi) is 4.80. The average molecular weight is 323 g/mol. The highest BCUT2D eigenvalue weighted by Crippen LogP contribution is 2.30. The van der Waals surface area contributed by atoms with E-state index in [0.29, 0.717) is 10.9 Å². The zero-order valence-corrected chi connectivity index (χ0v) is 13.3. The van der Waals surface area contributed by atoms with Crippen molar-refractivity contribution in [3.05, 3.63) is 51.2 Å². The quantitative estimate of drug-likeness (QED) is 0.798. The van der Waals surface area contributed by atoms with Gasteiger partial charge in [-0.3, -0.25) is 0 Å². The molecule has 112 valence electrons. The lowest BCUT2D eigenvalue weighted by atomic mass is 10.0. The van der Waals surface area contributed by atoms with Gasteiger partial charge in [0.05, 0.1) is 4.34 Å². The Morgan fingerprint density at radius 3 is 3.00 bits per heavy atom. The van der Waals surface area contributed by atoms with Crippen molar-refractivity contribution in [3.63, 3.8) is 0 Å². The molecule has 2 heterocycles.